The summed E-state index contributed by atoms with van der Waals surface area (Å²) in [5.74, 6) is -1.79. The van der Waals surface area contributed by atoms with Crippen molar-refractivity contribution in [2.45, 2.75) is 52.1 Å². The average Bonchev–Trinajstić information content (AvgIpc) is 3.54. The third-order valence-corrected chi connectivity index (χ3v) is 7.85. The average molecular weight is 572 g/mol. The molecule has 0 spiro atoms. The predicted molar refractivity (Wildman–Crippen MR) is 153 cm³/mol. The van der Waals surface area contributed by atoms with Gasteiger partial charge in [-0.05, 0) is 56.1 Å². The molecule has 1 aliphatic heterocycles. The molecule has 1 fully saturated rings. The Kier molecular flexibility index (Phi) is 9.88. The molecule has 2 aromatic carbocycles. The van der Waals surface area contributed by atoms with E-state index < -0.39 is 47.2 Å². The number of halogens is 3. The van der Waals surface area contributed by atoms with E-state index in [0.29, 0.717) is 31.9 Å². The van der Waals surface area contributed by atoms with E-state index in [0.717, 1.165) is 23.8 Å². The zero-order valence-electron chi connectivity index (χ0n) is 24.1. The van der Waals surface area contributed by atoms with Gasteiger partial charge in [-0.25, -0.2) is 18.2 Å². The van der Waals surface area contributed by atoms with Gasteiger partial charge in [-0.15, -0.1) is 0 Å². The van der Waals surface area contributed by atoms with Crippen LogP contribution in [0.3, 0.4) is 0 Å². The topological polar surface area (TPSA) is 82.4 Å². The van der Waals surface area contributed by atoms with Gasteiger partial charge in [0.2, 0.25) is 0 Å². The van der Waals surface area contributed by atoms with E-state index in [1.807, 2.05) is 55.8 Å². The Morgan fingerprint density at radius 3 is 2.59 bits per heavy atom. The number of carbonyl (C=O) groups is 1. The van der Waals surface area contributed by atoms with Crippen molar-refractivity contribution in [3.05, 3.63) is 77.8 Å². The van der Waals surface area contributed by atoms with Crippen molar-refractivity contribution in [3.8, 4) is 11.3 Å². The van der Waals surface area contributed by atoms with Gasteiger partial charge in [-0.3, -0.25) is 4.79 Å². The van der Waals surface area contributed by atoms with E-state index in [1.54, 1.807) is 11.1 Å². The Balaban J connectivity index is 1.92. The Bertz CT molecular complexity index is 1310. The summed E-state index contributed by atoms with van der Waals surface area (Å²) in [6, 6.07) is 12.1. The first kappa shape index (κ1) is 30.7. The molecule has 1 amide bonds. The number of imidazole rings is 1. The van der Waals surface area contributed by atoms with Gasteiger partial charge >= 0.3 is 0 Å². The van der Waals surface area contributed by atoms with Crippen LogP contribution in [-0.4, -0.2) is 71.0 Å². The molecule has 1 aliphatic rings. The molecule has 3 aromatic rings. The highest BCUT2D eigenvalue weighted by atomic mass is 19.1. The van der Waals surface area contributed by atoms with Crippen LogP contribution >= 0.6 is 0 Å². The summed E-state index contributed by atoms with van der Waals surface area (Å²) in [6.07, 6.45) is -0.202. The Morgan fingerprint density at radius 1 is 1.22 bits per heavy atom. The van der Waals surface area contributed by atoms with Crippen LogP contribution in [0.15, 0.2) is 54.7 Å². The van der Waals surface area contributed by atoms with E-state index in [2.05, 4.69) is 10.6 Å². The molecule has 222 valence electrons. The number of hydrogen-bond acceptors (Lipinski definition) is 5. The van der Waals surface area contributed by atoms with Gasteiger partial charge in [0.25, 0.3) is 5.91 Å². The standard InChI is InChI=1S/C31H40F3N5O2/c1-20(40)30(41)39(18-22-15-36-16-26(22)34)28(31(2,3)12-13-35-4)29-37-27(24-14-23(32)10-11-25(24)33)19-38(29)17-21-8-6-5-7-9-21/h5-11,14,19-20,22,26,28,35-36,40H,12-13,15-18H2,1-4H3. The van der Waals surface area contributed by atoms with Gasteiger partial charge < -0.3 is 25.2 Å². The zero-order chi connectivity index (χ0) is 29.7. The van der Waals surface area contributed by atoms with Crippen LogP contribution in [0.2, 0.25) is 0 Å². The Labute approximate surface area is 239 Å². The minimum absolute atomic E-state index is 0.00191. The highest BCUT2D eigenvalue weighted by Gasteiger charge is 2.43. The van der Waals surface area contributed by atoms with Gasteiger partial charge in [0.1, 0.15) is 29.7 Å². The number of nitrogens with zero attached hydrogens (tertiary/aromatic N) is 3. The fraction of sp³-hybridized carbons (Fsp3) is 0.484. The maximum Gasteiger partial charge on any atom is 0.251 e. The molecule has 0 saturated carbocycles. The number of carbonyl (C=O) groups excluding carboxylic acids is 1. The quantitative estimate of drug-likeness (QED) is 0.302. The first-order valence-corrected chi connectivity index (χ1v) is 14.1. The lowest BCUT2D eigenvalue weighted by molar-refractivity contribution is -0.146. The van der Waals surface area contributed by atoms with E-state index in [4.69, 9.17) is 4.98 Å². The molecule has 41 heavy (non-hydrogen) atoms. The molecule has 4 atom stereocenters. The van der Waals surface area contributed by atoms with Crippen LogP contribution < -0.4 is 10.6 Å². The minimum Gasteiger partial charge on any atom is -0.384 e. The summed E-state index contributed by atoms with van der Waals surface area (Å²) in [5, 5.41) is 16.7. The second-order valence-electron chi connectivity index (χ2n) is 11.6. The van der Waals surface area contributed by atoms with Crippen LogP contribution in [0.5, 0.6) is 0 Å². The number of hydrogen-bond donors (Lipinski definition) is 3. The van der Waals surface area contributed by atoms with Crippen LogP contribution in [0.1, 0.15) is 44.6 Å². The Morgan fingerprint density at radius 2 is 1.95 bits per heavy atom. The lowest BCUT2D eigenvalue weighted by Crippen LogP contribution is -2.50. The SMILES string of the molecule is CNCCC(C)(C)C(c1nc(-c2cc(F)ccc2F)cn1Cc1ccccc1)N(CC1CNCC1F)C(=O)C(C)O. The molecule has 0 bridgehead atoms. The largest absolute Gasteiger partial charge is 0.384 e. The minimum atomic E-state index is -1.33. The van der Waals surface area contributed by atoms with Crippen LogP contribution in [0.4, 0.5) is 13.2 Å². The van der Waals surface area contributed by atoms with Crippen LogP contribution in [-0.2, 0) is 11.3 Å². The van der Waals surface area contributed by atoms with E-state index in [1.165, 1.54) is 6.92 Å². The zero-order valence-corrected chi connectivity index (χ0v) is 24.1. The van der Waals surface area contributed by atoms with Crippen molar-refractivity contribution in [3.63, 3.8) is 0 Å². The van der Waals surface area contributed by atoms with Crippen molar-refractivity contribution in [2.24, 2.45) is 11.3 Å². The van der Waals surface area contributed by atoms with Crippen molar-refractivity contribution >= 4 is 5.91 Å². The maximum atomic E-state index is 15.0. The molecule has 1 saturated heterocycles. The highest BCUT2D eigenvalue weighted by molar-refractivity contribution is 5.80. The number of benzene rings is 2. The van der Waals surface area contributed by atoms with Crippen molar-refractivity contribution in [1.29, 1.82) is 0 Å². The number of aromatic nitrogens is 2. The van der Waals surface area contributed by atoms with Crippen LogP contribution in [0.25, 0.3) is 11.3 Å². The van der Waals surface area contributed by atoms with Gasteiger partial charge in [0.15, 0.2) is 0 Å². The predicted octanol–water partition coefficient (Wildman–Crippen LogP) is 4.32. The van der Waals surface area contributed by atoms with Gasteiger partial charge in [0.05, 0.1) is 11.7 Å². The second-order valence-corrected chi connectivity index (χ2v) is 11.6. The summed E-state index contributed by atoms with van der Waals surface area (Å²) in [5.41, 5.74) is 0.546. The first-order valence-electron chi connectivity index (χ1n) is 14.1. The fourth-order valence-corrected chi connectivity index (χ4v) is 5.57. The molecule has 3 N–H and O–H groups in total. The molecular weight excluding hydrogens is 531 g/mol. The third-order valence-electron chi connectivity index (χ3n) is 7.85. The molecular formula is C31H40F3N5O2. The van der Waals surface area contributed by atoms with Crippen molar-refractivity contribution < 1.29 is 23.1 Å². The van der Waals surface area contributed by atoms with E-state index in [-0.39, 0.29) is 24.3 Å². The summed E-state index contributed by atoms with van der Waals surface area (Å²) in [7, 11) is 1.84. The summed E-state index contributed by atoms with van der Waals surface area (Å²) >= 11 is 0. The second kappa shape index (κ2) is 13.2. The number of rotatable bonds is 12. The molecule has 7 nitrogen and oxygen atoms in total. The Hall–Kier alpha value is -3.21. The van der Waals surface area contributed by atoms with E-state index in [9.17, 15) is 23.1 Å². The number of amides is 1. The third kappa shape index (κ3) is 7.17. The van der Waals surface area contributed by atoms with Gasteiger partial charge in [-0.2, -0.15) is 0 Å². The van der Waals surface area contributed by atoms with Crippen LogP contribution in [0, 0.1) is 23.0 Å². The molecule has 1 aromatic heterocycles. The number of nitrogens with one attached hydrogen (secondary N) is 2. The fourth-order valence-electron chi connectivity index (χ4n) is 5.57. The monoisotopic (exact) mass is 571 g/mol. The summed E-state index contributed by atoms with van der Waals surface area (Å²) in [6.45, 7) is 7.04. The van der Waals surface area contributed by atoms with Crippen molar-refractivity contribution in [1.82, 2.24) is 25.1 Å². The summed E-state index contributed by atoms with van der Waals surface area (Å²) < 4.78 is 45.9. The molecule has 0 aliphatic carbocycles. The van der Waals surface area contributed by atoms with E-state index >= 15 is 0 Å². The molecule has 4 rings (SSSR count). The first-order chi connectivity index (χ1) is 19.5. The van der Waals surface area contributed by atoms with Gasteiger partial charge in [0, 0.05) is 43.9 Å². The lowest BCUT2D eigenvalue weighted by atomic mass is 9.78. The highest BCUT2D eigenvalue weighted by Crippen LogP contribution is 2.43. The lowest BCUT2D eigenvalue weighted by Gasteiger charge is -2.43. The normalized spacial score (nSPS) is 18.8. The smallest absolute Gasteiger partial charge is 0.251 e. The number of aliphatic hydroxyl groups is 1. The number of aliphatic hydroxyl groups excluding tert-OH is 1. The van der Waals surface area contributed by atoms with Crippen molar-refractivity contribution in [2.75, 3.05) is 33.2 Å². The summed E-state index contributed by atoms with van der Waals surface area (Å²) in [4.78, 5) is 20.1. The molecule has 0 radical (unpaired) electrons. The van der Waals surface area contributed by atoms with Gasteiger partial charge in [-0.1, -0.05) is 44.2 Å². The number of alkyl halides is 1. The molecule has 2 heterocycles. The molecule has 10 heteroatoms. The molecule has 4 unspecified atom stereocenters. The maximum absolute atomic E-state index is 15.0.